The van der Waals surface area contributed by atoms with Crippen molar-refractivity contribution in [2.75, 3.05) is 20.1 Å². The van der Waals surface area contributed by atoms with Gasteiger partial charge in [0.2, 0.25) is 0 Å². The zero-order valence-corrected chi connectivity index (χ0v) is 11.3. The van der Waals surface area contributed by atoms with Crippen LogP contribution in [0.15, 0.2) is 5.16 Å². The van der Waals surface area contributed by atoms with Gasteiger partial charge >= 0.3 is 0 Å². The van der Waals surface area contributed by atoms with Crippen LogP contribution in [0.5, 0.6) is 0 Å². The van der Waals surface area contributed by atoms with E-state index in [9.17, 15) is 0 Å². The fraction of sp³-hybridized carbons (Fsp3) is 0.917. The van der Waals surface area contributed by atoms with Gasteiger partial charge in [0.1, 0.15) is 5.84 Å². The number of rotatable bonds is 5. The topological polar surface area (TPSA) is 71.1 Å². The summed E-state index contributed by atoms with van der Waals surface area (Å²) in [6.45, 7) is 7.88. The third kappa shape index (κ3) is 4.52. The summed E-state index contributed by atoms with van der Waals surface area (Å²) in [6, 6.07) is 0. The van der Waals surface area contributed by atoms with Crippen LogP contribution in [0.3, 0.4) is 0 Å². The van der Waals surface area contributed by atoms with E-state index >= 15 is 0 Å². The van der Waals surface area contributed by atoms with Gasteiger partial charge in [-0.3, -0.25) is 0 Å². The Morgan fingerprint density at radius 2 is 2.29 bits per heavy atom. The minimum atomic E-state index is 0.0166. The van der Waals surface area contributed by atoms with E-state index in [1.807, 2.05) is 14.0 Å². The molecule has 5 heteroatoms. The van der Waals surface area contributed by atoms with Gasteiger partial charge in [0.25, 0.3) is 0 Å². The third-order valence-electron chi connectivity index (χ3n) is 3.28. The Morgan fingerprint density at radius 3 is 2.76 bits per heavy atom. The first-order chi connectivity index (χ1) is 7.84. The molecule has 1 heterocycles. The van der Waals surface area contributed by atoms with Crippen molar-refractivity contribution in [2.24, 2.45) is 16.8 Å². The number of ether oxygens (including phenoxy) is 1. The number of nitrogens with two attached hydrogens (primary N) is 1. The van der Waals surface area contributed by atoms with E-state index in [-0.39, 0.29) is 17.4 Å². The smallest absolute Gasteiger partial charge is 0.143 e. The SMILES string of the molecule is CC(CN(C)CC1CCC(C)(C)O1)C(N)=NO. The standard InChI is InChI=1S/C12H25N3O2/c1-9(11(13)14-16)7-15(4)8-10-5-6-12(2,3)17-10/h9-10,16H,5-8H2,1-4H3,(H2,13,14). The second-order valence-corrected chi connectivity index (χ2v) is 5.69. The van der Waals surface area contributed by atoms with Crippen molar-refractivity contribution in [2.45, 2.75) is 45.3 Å². The fourth-order valence-corrected chi connectivity index (χ4v) is 2.29. The molecule has 1 aliphatic heterocycles. The zero-order chi connectivity index (χ0) is 13.1. The van der Waals surface area contributed by atoms with Crippen molar-refractivity contribution >= 4 is 5.84 Å². The summed E-state index contributed by atoms with van der Waals surface area (Å²) in [5.74, 6) is 0.337. The molecule has 1 rings (SSSR count). The summed E-state index contributed by atoms with van der Waals surface area (Å²) in [6.07, 6.45) is 2.52. The third-order valence-corrected chi connectivity index (χ3v) is 3.28. The van der Waals surface area contributed by atoms with Crippen molar-refractivity contribution < 1.29 is 9.94 Å². The normalized spacial score (nSPS) is 26.4. The maximum absolute atomic E-state index is 8.59. The van der Waals surface area contributed by atoms with Crippen LogP contribution in [-0.2, 0) is 4.74 Å². The van der Waals surface area contributed by atoms with Gasteiger partial charge < -0.3 is 20.6 Å². The molecule has 0 aliphatic carbocycles. The van der Waals surface area contributed by atoms with Crippen LogP contribution in [-0.4, -0.2) is 47.8 Å². The molecule has 2 unspecified atom stereocenters. The molecule has 1 saturated heterocycles. The number of oxime groups is 1. The van der Waals surface area contributed by atoms with Gasteiger partial charge in [-0.15, -0.1) is 0 Å². The van der Waals surface area contributed by atoms with Crippen molar-refractivity contribution in [3.05, 3.63) is 0 Å². The lowest BCUT2D eigenvalue weighted by Crippen LogP contribution is -2.37. The van der Waals surface area contributed by atoms with Gasteiger partial charge in [-0.25, -0.2) is 0 Å². The maximum Gasteiger partial charge on any atom is 0.143 e. The molecule has 1 aliphatic rings. The van der Waals surface area contributed by atoms with Crippen LogP contribution in [0, 0.1) is 5.92 Å². The fourth-order valence-electron chi connectivity index (χ4n) is 2.29. The second-order valence-electron chi connectivity index (χ2n) is 5.69. The molecule has 0 aromatic rings. The van der Waals surface area contributed by atoms with Crippen LogP contribution in [0.4, 0.5) is 0 Å². The Balaban J connectivity index is 2.33. The highest BCUT2D eigenvalue weighted by atomic mass is 16.5. The van der Waals surface area contributed by atoms with Crippen molar-refractivity contribution in [1.29, 1.82) is 0 Å². The quantitative estimate of drug-likeness (QED) is 0.330. The lowest BCUT2D eigenvalue weighted by Gasteiger charge is -2.25. The Hall–Kier alpha value is -0.810. The largest absolute Gasteiger partial charge is 0.409 e. The molecule has 17 heavy (non-hydrogen) atoms. The summed E-state index contributed by atoms with van der Waals surface area (Å²) in [7, 11) is 2.04. The number of hydrogen-bond donors (Lipinski definition) is 2. The first-order valence-corrected chi connectivity index (χ1v) is 6.18. The number of likely N-dealkylation sites (N-methyl/N-ethyl adjacent to an activating group) is 1. The minimum Gasteiger partial charge on any atom is -0.409 e. The Labute approximate surface area is 104 Å². The molecule has 0 spiro atoms. The summed E-state index contributed by atoms with van der Waals surface area (Å²) < 4.78 is 5.94. The monoisotopic (exact) mass is 243 g/mol. The van der Waals surface area contributed by atoms with Crippen LogP contribution in [0.1, 0.15) is 33.6 Å². The van der Waals surface area contributed by atoms with Gasteiger partial charge in [0, 0.05) is 19.0 Å². The number of amidine groups is 1. The summed E-state index contributed by atoms with van der Waals surface area (Å²) in [5, 5.41) is 11.6. The van der Waals surface area contributed by atoms with Crippen LogP contribution in [0.25, 0.3) is 0 Å². The summed E-state index contributed by atoms with van der Waals surface area (Å²) in [5.41, 5.74) is 5.57. The Kier molecular flexibility index (Phi) is 4.77. The molecule has 3 N–H and O–H groups in total. The number of hydrogen-bond acceptors (Lipinski definition) is 4. The Morgan fingerprint density at radius 1 is 1.65 bits per heavy atom. The summed E-state index contributed by atoms with van der Waals surface area (Å²) in [4.78, 5) is 2.18. The molecule has 0 radical (unpaired) electrons. The molecule has 0 bridgehead atoms. The van der Waals surface area contributed by atoms with E-state index in [0.29, 0.717) is 6.10 Å². The summed E-state index contributed by atoms with van der Waals surface area (Å²) >= 11 is 0. The Bertz CT molecular complexity index is 279. The molecule has 0 amide bonds. The van der Waals surface area contributed by atoms with Crippen LogP contribution in [0.2, 0.25) is 0 Å². The predicted molar refractivity (Wildman–Crippen MR) is 68.3 cm³/mol. The molecule has 1 fully saturated rings. The van der Waals surface area contributed by atoms with Gasteiger partial charge in [-0.1, -0.05) is 12.1 Å². The molecule has 0 aromatic carbocycles. The van der Waals surface area contributed by atoms with Crippen molar-refractivity contribution in [3.8, 4) is 0 Å². The average molecular weight is 243 g/mol. The van der Waals surface area contributed by atoms with E-state index in [1.54, 1.807) is 0 Å². The van der Waals surface area contributed by atoms with E-state index in [2.05, 4.69) is 23.9 Å². The van der Waals surface area contributed by atoms with Gasteiger partial charge in [-0.2, -0.15) is 0 Å². The molecular formula is C12H25N3O2. The molecule has 2 atom stereocenters. The van der Waals surface area contributed by atoms with E-state index < -0.39 is 0 Å². The van der Waals surface area contributed by atoms with Gasteiger partial charge in [-0.05, 0) is 33.7 Å². The highest BCUT2D eigenvalue weighted by Crippen LogP contribution is 2.29. The number of nitrogens with zero attached hydrogens (tertiary/aromatic N) is 2. The molecular weight excluding hydrogens is 218 g/mol. The lowest BCUT2D eigenvalue weighted by molar-refractivity contribution is -0.0264. The zero-order valence-electron chi connectivity index (χ0n) is 11.3. The highest BCUT2D eigenvalue weighted by Gasteiger charge is 2.32. The molecule has 100 valence electrons. The first kappa shape index (κ1) is 14.3. The van der Waals surface area contributed by atoms with Crippen LogP contribution >= 0.6 is 0 Å². The van der Waals surface area contributed by atoms with Crippen molar-refractivity contribution in [1.82, 2.24) is 4.90 Å². The molecule has 5 nitrogen and oxygen atoms in total. The molecule has 0 saturated carbocycles. The maximum atomic E-state index is 8.59. The van der Waals surface area contributed by atoms with E-state index in [4.69, 9.17) is 15.7 Å². The van der Waals surface area contributed by atoms with Crippen molar-refractivity contribution in [3.63, 3.8) is 0 Å². The highest BCUT2D eigenvalue weighted by molar-refractivity contribution is 5.82. The lowest BCUT2D eigenvalue weighted by atomic mass is 10.1. The van der Waals surface area contributed by atoms with E-state index in [1.165, 1.54) is 0 Å². The first-order valence-electron chi connectivity index (χ1n) is 6.18. The second kappa shape index (κ2) is 5.69. The minimum absolute atomic E-state index is 0.0166. The average Bonchev–Trinajstić information content (AvgIpc) is 2.56. The van der Waals surface area contributed by atoms with Crippen LogP contribution < -0.4 is 5.73 Å². The van der Waals surface area contributed by atoms with Gasteiger partial charge in [0.05, 0.1) is 11.7 Å². The van der Waals surface area contributed by atoms with Gasteiger partial charge in [0.15, 0.2) is 0 Å². The predicted octanol–water partition coefficient (Wildman–Crippen LogP) is 1.26. The van der Waals surface area contributed by atoms with E-state index in [0.717, 1.165) is 25.9 Å². The molecule has 0 aromatic heterocycles.